The molecule has 0 spiro atoms. The van der Waals surface area contributed by atoms with E-state index in [-0.39, 0.29) is 0 Å². The third-order valence-corrected chi connectivity index (χ3v) is 3.11. The van der Waals surface area contributed by atoms with Crippen LogP contribution in [0.4, 0.5) is 5.82 Å². The second kappa shape index (κ2) is 5.67. The molecule has 20 heavy (non-hydrogen) atoms. The molecule has 0 saturated carbocycles. The van der Waals surface area contributed by atoms with Crippen LogP contribution in [0.5, 0.6) is 0 Å². The normalized spacial score (nSPS) is 11.1. The second-order valence-electron chi connectivity index (χ2n) is 4.17. The van der Waals surface area contributed by atoms with E-state index in [9.17, 15) is 0 Å². The smallest absolute Gasteiger partial charge is 0.176 e. The first-order valence-electron chi connectivity index (χ1n) is 6.09. The molecule has 0 fully saturated rings. The maximum Gasteiger partial charge on any atom is 0.176 e. The third kappa shape index (κ3) is 2.60. The lowest BCUT2D eigenvalue weighted by atomic mass is 10.2. The van der Waals surface area contributed by atoms with Gasteiger partial charge < -0.3 is 0 Å². The molecular weight excluding hydrogens is 272 g/mol. The molecule has 0 bridgehead atoms. The molecule has 0 unspecified atom stereocenters. The average Bonchev–Trinajstić information content (AvgIpc) is 2.51. The predicted molar refractivity (Wildman–Crippen MR) is 82.2 cm³/mol. The van der Waals surface area contributed by atoms with Gasteiger partial charge in [0, 0.05) is 10.8 Å². The first-order valence-corrected chi connectivity index (χ1v) is 6.47. The molecule has 98 valence electrons. The standard InChI is InChI=1S/C15H11ClN4/c16-14-12-8-4-5-9-13(12)15(20-18-14)19-17-10-11-6-2-1-3-7-11/h1-10H,(H,19,20). The minimum Gasteiger partial charge on any atom is -0.259 e. The van der Waals surface area contributed by atoms with Gasteiger partial charge in [-0.2, -0.15) is 5.10 Å². The highest BCUT2D eigenvalue weighted by molar-refractivity contribution is 6.34. The summed E-state index contributed by atoms with van der Waals surface area (Å²) in [6.45, 7) is 0. The number of nitrogens with one attached hydrogen (secondary N) is 1. The van der Waals surface area contributed by atoms with Crippen molar-refractivity contribution < 1.29 is 0 Å². The molecule has 0 amide bonds. The molecule has 5 heteroatoms. The Balaban J connectivity index is 1.89. The summed E-state index contributed by atoms with van der Waals surface area (Å²) in [5, 5.41) is 14.2. The van der Waals surface area contributed by atoms with Crippen LogP contribution < -0.4 is 5.43 Å². The molecule has 0 aliphatic heterocycles. The van der Waals surface area contributed by atoms with E-state index in [4.69, 9.17) is 11.6 Å². The van der Waals surface area contributed by atoms with E-state index in [1.165, 1.54) is 0 Å². The van der Waals surface area contributed by atoms with Gasteiger partial charge in [-0.05, 0) is 5.56 Å². The van der Waals surface area contributed by atoms with Crippen LogP contribution in [0.1, 0.15) is 5.56 Å². The molecule has 2 aromatic carbocycles. The van der Waals surface area contributed by atoms with E-state index < -0.39 is 0 Å². The van der Waals surface area contributed by atoms with Crippen LogP contribution >= 0.6 is 11.6 Å². The Hall–Kier alpha value is -2.46. The van der Waals surface area contributed by atoms with Crippen molar-refractivity contribution in [1.29, 1.82) is 0 Å². The predicted octanol–water partition coefficient (Wildman–Crippen LogP) is 3.73. The zero-order valence-corrected chi connectivity index (χ0v) is 11.2. The van der Waals surface area contributed by atoms with Gasteiger partial charge >= 0.3 is 0 Å². The number of rotatable bonds is 3. The zero-order valence-electron chi connectivity index (χ0n) is 10.5. The van der Waals surface area contributed by atoms with E-state index in [2.05, 4.69) is 20.7 Å². The van der Waals surface area contributed by atoms with E-state index in [1.54, 1.807) is 6.21 Å². The van der Waals surface area contributed by atoms with Crippen molar-refractivity contribution in [2.75, 3.05) is 5.43 Å². The van der Waals surface area contributed by atoms with Gasteiger partial charge in [0.1, 0.15) is 0 Å². The van der Waals surface area contributed by atoms with Gasteiger partial charge in [-0.15, -0.1) is 10.2 Å². The number of benzene rings is 2. The van der Waals surface area contributed by atoms with E-state index in [0.29, 0.717) is 11.0 Å². The summed E-state index contributed by atoms with van der Waals surface area (Å²) in [5.74, 6) is 0.581. The largest absolute Gasteiger partial charge is 0.259 e. The molecule has 0 atom stereocenters. The van der Waals surface area contributed by atoms with Crippen LogP contribution in [0.2, 0.25) is 5.15 Å². The van der Waals surface area contributed by atoms with Gasteiger partial charge in [-0.25, -0.2) is 0 Å². The Kier molecular flexibility index (Phi) is 3.56. The maximum absolute atomic E-state index is 6.02. The maximum atomic E-state index is 6.02. The summed E-state index contributed by atoms with van der Waals surface area (Å²) in [6, 6.07) is 17.5. The summed E-state index contributed by atoms with van der Waals surface area (Å²) in [5.41, 5.74) is 3.91. The van der Waals surface area contributed by atoms with Crippen LogP contribution in [0.25, 0.3) is 10.8 Å². The van der Waals surface area contributed by atoms with Crippen LogP contribution in [-0.2, 0) is 0 Å². The van der Waals surface area contributed by atoms with Crippen molar-refractivity contribution in [3.63, 3.8) is 0 Å². The minimum atomic E-state index is 0.387. The summed E-state index contributed by atoms with van der Waals surface area (Å²) in [4.78, 5) is 0. The Labute approximate surface area is 121 Å². The summed E-state index contributed by atoms with van der Waals surface area (Å²) >= 11 is 6.02. The molecular formula is C15H11ClN4. The van der Waals surface area contributed by atoms with Crippen molar-refractivity contribution >= 4 is 34.4 Å². The molecule has 1 heterocycles. The molecule has 1 aromatic heterocycles. The Morgan fingerprint density at radius 2 is 1.60 bits per heavy atom. The van der Waals surface area contributed by atoms with E-state index in [0.717, 1.165) is 16.3 Å². The van der Waals surface area contributed by atoms with Gasteiger partial charge in [0.2, 0.25) is 0 Å². The number of hydrogen-bond acceptors (Lipinski definition) is 4. The zero-order chi connectivity index (χ0) is 13.8. The molecule has 1 N–H and O–H groups in total. The van der Waals surface area contributed by atoms with Crippen LogP contribution in [0, 0.1) is 0 Å². The first kappa shape index (κ1) is 12.6. The summed E-state index contributed by atoms with van der Waals surface area (Å²) in [7, 11) is 0. The molecule has 0 saturated heterocycles. The number of hydrazone groups is 1. The first-order chi connectivity index (χ1) is 9.84. The minimum absolute atomic E-state index is 0.387. The monoisotopic (exact) mass is 282 g/mol. The second-order valence-corrected chi connectivity index (χ2v) is 4.52. The third-order valence-electron chi connectivity index (χ3n) is 2.83. The quantitative estimate of drug-likeness (QED) is 0.588. The Morgan fingerprint density at radius 3 is 2.40 bits per heavy atom. The number of halogens is 1. The molecule has 4 nitrogen and oxygen atoms in total. The van der Waals surface area contributed by atoms with Gasteiger partial charge in [-0.1, -0.05) is 66.2 Å². The summed E-state index contributed by atoms with van der Waals surface area (Å²) in [6.07, 6.45) is 1.73. The van der Waals surface area contributed by atoms with Gasteiger partial charge in [-0.3, -0.25) is 5.43 Å². The average molecular weight is 283 g/mol. The fourth-order valence-electron chi connectivity index (χ4n) is 1.86. The van der Waals surface area contributed by atoms with Crippen molar-refractivity contribution in [2.24, 2.45) is 5.10 Å². The van der Waals surface area contributed by atoms with Crippen molar-refractivity contribution in [3.8, 4) is 0 Å². The van der Waals surface area contributed by atoms with Crippen molar-refractivity contribution in [1.82, 2.24) is 10.2 Å². The fourth-order valence-corrected chi connectivity index (χ4v) is 2.06. The molecule has 0 radical (unpaired) electrons. The highest BCUT2D eigenvalue weighted by Gasteiger charge is 2.05. The highest BCUT2D eigenvalue weighted by atomic mass is 35.5. The number of fused-ring (bicyclic) bond motifs is 1. The van der Waals surface area contributed by atoms with E-state index in [1.807, 2.05) is 54.6 Å². The SMILES string of the molecule is Clc1nnc(NN=Cc2ccccc2)c2ccccc12. The lowest BCUT2D eigenvalue weighted by Crippen LogP contribution is -1.97. The van der Waals surface area contributed by atoms with E-state index >= 15 is 0 Å². The molecule has 3 rings (SSSR count). The van der Waals surface area contributed by atoms with Gasteiger partial charge in [0.05, 0.1) is 6.21 Å². The topological polar surface area (TPSA) is 50.2 Å². The number of nitrogens with zero attached hydrogens (tertiary/aromatic N) is 3. The van der Waals surface area contributed by atoms with Crippen LogP contribution in [0.3, 0.4) is 0 Å². The number of anilines is 1. The van der Waals surface area contributed by atoms with Gasteiger partial charge in [0.15, 0.2) is 11.0 Å². The summed E-state index contributed by atoms with van der Waals surface area (Å²) < 4.78 is 0. The Bertz CT molecular complexity index is 756. The van der Waals surface area contributed by atoms with Crippen molar-refractivity contribution in [3.05, 3.63) is 65.3 Å². The van der Waals surface area contributed by atoms with Crippen LogP contribution in [-0.4, -0.2) is 16.4 Å². The number of aromatic nitrogens is 2. The molecule has 0 aliphatic carbocycles. The fraction of sp³-hybridized carbons (Fsp3) is 0. The molecule has 3 aromatic rings. The number of hydrogen-bond donors (Lipinski definition) is 1. The Morgan fingerprint density at radius 1 is 0.900 bits per heavy atom. The van der Waals surface area contributed by atoms with Crippen molar-refractivity contribution in [2.45, 2.75) is 0 Å². The van der Waals surface area contributed by atoms with Gasteiger partial charge in [0.25, 0.3) is 0 Å². The molecule has 0 aliphatic rings. The lowest BCUT2D eigenvalue weighted by molar-refractivity contribution is 1.04. The lowest BCUT2D eigenvalue weighted by Gasteiger charge is -2.04. The van der Waals surface area contributed by atoms with Crippen LogP contribution in [0.15, 0.2) is 59.7 Å². The highest BCUT2D eigenvalue weighted by Crippen LogP contribution is 2.25.